The first-order chi connectivity index (χ1) is 8.72. The van der Waals surface area contributed by atoms with Crippen LogP contribution >= 0.6 is 11.6 Å². The summed E-state index contributed by atoms with van der Waals surface area (Å²) in [6, 6.07) is 16.6. The van der Waals surface area contributed by atoms with E-state index in [-0.39, 0.29) is 5.78 Å². The molecule has 2 rings (SSSR count). The maximum absolute atomic E-state index is 12.4. The summed E-state index contributed by atoms with van der Waals surface area (Å²) in [5.41, 5.74) is 2.29. The van der Waals surface area contributed by atoms with Crippen LogP contribution in [0.5, 0.6) is 0 Å². The Morgan fingerprint density at radius 2 is 1.56 bits per heavy atom. The second-order valence-corrected chi connectivity index (χ2v) is 4.34. The van der Waals surface area contributed by atoms with Gasteiger partial charge in [0.1, 0.15) is 0 Å². The molecule has 0 saturated heterocycles. The highest BCUT2D eigenvalue weighted by Gasteiger charge is 2.12. The molecule has 0 aliphatic carbocycles. The summed E-state index contributed by atoms with van der Waals surface area (Å²) >= 11 is 5.82. The lowest BCUT2D eigenvalue weighted by molar-refractivity contribution is 0.105. The van der Waals surface area contributed by atoms with Crippen LogP contribution in [0.4, 0.5) is 0 Å². The Labute approximate surface area is 112 Å². The molecule has 0 amide bonds. The van der Waals surface area contributed by atoms with Gasteiger partial charge in [-0.25, -0.2) is 0 Å². The molecule has 0 bridgehead atoms. The second kappa shape index (κ2) is 5.65. The molecule has 1 nitrogen and oxygen atoms in total. The lowest BCUT2D eigenvalue weighted by atomic mass is 9.97. The number of benzene rings is 2. The van der Waals surface area contributed by atoms with Crippen molar-refractivity contribution in [2.24, 2.45) is 0 Å². The van der Waals surface area contributed by atoms with Crippen molar-refractivity contribution in [3.63, 3.8) is 0 Å². The molecule has 0 atom stereocenters. The number of allylic oxidation sites excluding steroid dienone is 2. The minimum Gasteiger partial charge on any atom is -0.289 e. The molecule has 0 unspecified atom stereocenters. The van der Waals surface area contributed by atoms with E-state index in [1.54, 1.807) is 24.3 Å². The van der Waals surface area contributed by atoms with Gasteiger partial charge in [-0.2, -0.15) is 0 Å². The van der Waals surface area contributed by atoms with E-state index < -0.39 is 0 Å². The highest BCUT2D eigenvalue weighted by molar-refractivity contribution is 6.31. The molecule has 0 aromatic heterocycles. The smallest absolute Gasteiger partial charge is 0.193 e. The molecule has 18 heavy (non-hydrogen) atoms. The quantitative estimate of drug-likeness (QED) is 0.578. The number of halogens is 1. The van der Waals surface area contributed by atoms with Crippen molar-refractivity contribution < 1.29 is 4.79 Å². The largest absolute Gasteiger partial charge is 0.289 e. The van der Waals surface area contributed by atoms with Crippen LogP contribution < -0.4 is 0 Å². The molecular weight excluding hydrogens is 244 g/mol. The number of hydrogen-bond donors (Lipinski definition) is 0. The van der Waals surface area contributed by atoms with Gasteiger partial charge in [0.15, 0.2) is 5.78 Å². The predicted octanol–water partition coefficient (Wildman–Crippen LogP) is 4.63. The summed E-state index contributed by atoms with van der Waals surface area (Å²) in [6.07, 6.45) is 1.84. The van der Waals surface area contributed by atoms with Crippen molar-refractivity contribution in [1.82, 2.24) is 0 Å². The van der Waals surface area contributed by atoms with E-state index in [0.29, 0.717) is 16.2 Å². The van der Waals surface area contributed by atoms with Crippen LogP contribution in [-0.2, 0) is 0 Å². The topological polar surface area (TPSA) is 17.1 Å². The van der Waals surface area contributed by atoms with E-state index in [0.717, 1.165) is 5.56 Å². The fourth-order valence-electron chi connectivity index (χ4n) is 1.80. The van der Waals surface area contributed by atoms with Gasteiger partial charge >= 0.3 is 0 Å². The van der Waals surface area contributed by atoms with E-state index in [1.807, 2.05) is 43.3 Å². The van der Waals surface area contributed by atoms with E-state index in [9.17, 15) is 4.79 Å². The van der Waals surface area contributed by atoms with Gasteiger partial charge in [-0.3, -0.25) is 4.79 Å². The van der Waals surface area contributed by atoms with Crippen LogP contribution in [-0.4, -0.2) is 5.78 Å². The zero-order chi connectivity index (χ0) is 13.0. The normalized spacial score (nSPS) is 11.3. The zero-order valence-corrected chi connectivity index (χ0v) is 10.8. The maximum Gasteiger partial charge on any atom is 0.193 e. The van der Waals surface area contributed by atoms with Gasteiger partial charge in [0.05, 0.1) is 0 Å². The predicted molar refractivity (Wildman–Crippen MR) is 75.9 cm³/mol. The first-order valence-corrected chi connectivity index (χ1v) is 6.12. The third-order valence-corrected chi connectivity index (χ3v) is 2.98. The standard InChI is InChI=1S/C16H13ClO/c1-2-15(12-6-4-3-5-7-12)16(18)13-8-10-14(17)11-9-13/h2-11H,1H3/b15-2+. The summed E-state index contributed by atoms with van der Waals surface area (Å²) in [5, 5.41) is 0.633. The van der Waals surface area contributed by atoms with Crippen molar-refractivity contribution >= 4 is 23.0 Å². The molecule has 2 aromatic carbocycles. The number of rotatable bonds is 3. The van der Waals surface area contributed by atoms with E-state index in [4.69, 9.17) is 11.6 Å². The van der Waals surface area contributed by atoms with E-state index in [2.05, 4.69) is 0 Å². The lowest BCUT2D eigenvalue weighted by Gasteiger charge is -2.06. The Morgan fingerprint density at radius 3 is 2.11 bits per heavy atom. The van der Waals surface area contributed by atoms with Gasteiger partial charge in [0.25, 0.3) is 0 Å². The Balaban J connectivity index is 2.35. The highest BCUT2D eigenvalue weighted by atomic mass is 35.5. The molecule has 0 fully saturated rings. The van der Waals surface area contributed by atoms with Gasteiger partial charge < -0.3 is 0 Å². The van der Waals surface area contributed by atoms with Gasteiger partial charge in [0, 0.05) is 16.2 Å². The third-order valence-electron chi connectivity index (χ3n) is 2.72. The Kier molecular flexibility index (Phi) is 3.96. The number of carbonyl (C=O) groups is 1. The third kappa shape index (κ3) is 2.69. The minimum atomic E-state index is 0.0142. The molecule has 0 N–H and O–H groups in total. The summed E-state index contributed by atoms with van der Waals surface area (Å²) in [7, 11) is 0. The molecule has 0 heterocycles. The maximum atomic E-state index is 12.4. The second-order valence-electron chi connectivity index (χ2n) is 3.90. The summed E-state index contributed by atoms with van der Waals surface area (Å²) < 4.78 is 0. The van der Waals surface area contributed by atoms with Crippen LogP contribution in [0.1, 0.15) is 22.8 Å². The fourth-order valence-corrected chi connectivity index (χ4v) is 1.93. The van der Waals surface area contributed by atoms with Crippen molar-refractivity contribution in [3.8, 4) is 0 Å². The van der Waals surface area contributed by atoms with E-state index in [1.165, 1.54) is 0 Å². The van der Waals surface area contributed by atoms with Gasteiger partial charge in [-0.05, 0) is 36.8 Å². The molecule has 2 heteroatoms. The van der Waals surface area contributed by atoms with Crippen molar-refractivity contribution in [3.05, 3.63) is 76.8 Å². The molecule has 0 spiro atoms. The lowest BCUT2D eigenvalue weighted by Crippen LogP contribution is -2.02. The van der Waals surface area contributed by atoms with Crippen LogP contribution in [0.15, 0.2) is 60.7 Å². The van der Waals surface area contributed by atoms with Gasteiger partial charge in [-0.1, -0.05) is 48.0 Å². The first kappa shape index (κ1) is 12.6. The van der Waals surface area contributed by atoms with Crippen LogP contribution in [0.3, 0.4) is 0 Å². The van der Waals surface area contributed by atoms with Crippen molar-refractivity contribution in [2.45, 2.75) is 6.92 Å². The Bertz CT molecular complexity index is 568. The summed E-state index contributed by atoms with van der Waals surface area (Å²) in [4.78, 5) is 12.4. The zero-order valence-electron chi connectivity index (χ0n) is 10.1. The van der Waals surface area contributed by atoms with Gasteiger partial charge in [-0.15, -0.1) is 0 Å². The number of carbonyl (C=O) groups excluding carboxylic acids is 1. The average Bonchev–Trinajstić information content (AvgIpc) is 2.41. The van der Waals surface area contributed by atoms with E-state index >= 15 is 0 Å². The molecular formula is C16H13ClO. The SMILES string of the molecule is C/C=C(/C(=O)c1ccc(Cl)cc1)c1ccccc1. The number of hydrogen-bond acceptors (Lipinski definition) is 1. The van der Waals surface area contributed by atoms with Crippen LogP contribution in [0, 0.1) is 0 Å². The number of ketones is 1. The average molecular weight is 257 g/mol. The number of Topliss-reactive ketones (excluding diaryl/α,β-unsaturated/α-hetero) is 1. The molecule has 0 radical (unpaired) electrons. The van der Waals surface area contributed by atoms with Gasteiger partial charge in [0.2, 0.25) is 0 Å². The molecule has 0 aliphatic heterocycles. The molecule has 0 aliphatic rings. The molecule has 0 saturated carbocycles. The monoisotopic (exact) mass is 256 g/mol. The highest BCUT2D eigenvalue weighted by Crippen LogP contribution is 2.20. The van der Waals surface area contributed by atoms with Crippen LogP contribution in [0.25, 0.3) is 5.57 Å². The van der Waals surface area contributed by atoms with Crippen molar-refractivity contribution in [1.29, 1.82) is 0 Å². The minimum absolute atomic E-state index is 0.0142. The molecule has 2 aromatic rings. The fraction of sp³-hybridized carbons (Fsp3) is 0.0625. The molecule has 90 valence electrons. The summed E-state index contributed by atoms with van der Waals surface area (Å²) in [6.45, 7) is 1.87. The Hall–Kier alpha value is -1.86. The summed E-state index contributed by atoms with van der Waals surface area (Å²) in [5.74, 6) is 0.0142. The Morgan fingerprint density at radius 1 is 0.944 bits per heavy atom. The first-order valence-electron chi connectivity index (χ1n) is 5.74. The van der Waals surface area contributed by atoms with Crippen LogP contribution in [0.2, 0.25) is 5.02 Å². The van der Waals surface area contributed by atoms with Crippen molar-refractivity contribution in [2.75, 3.05) is 0 Å².